The zero-order valence-electron chi connectivity index (χ0n) is 13.7. The molecular weight excluding hydrogens is 270 g/mol. The van der Waals surface area contributed by atoms with E-state index in [-0.39, 0.29) is 11.7 Å². The first kappa shape index (κ1) is 17.4. The van der Waals surface area contributed by atoms with E-state index in [4.69, 9.17) is 5.11 Å². The molecule has 1 N–H and O–H groups in total. The lowest BCUT2D eigenvalue weighted by Gasteiger charge is -2.23. The number of aliphatic carboxylic acids is 1. The van der Waals surface area contributed by atoms with Crippen LogP contribution in [0.25, 0.3) is 0 Å². The van der Waals surface area contributed by atoms with Crippen LogP contribution in [0.1, 0.15) is 30.8 Å². The molecule has 6 nitrogen and oxygen atoms in total. The molecule has 1 rings (SSSR count). The smallest absolute Gasteiger partial charge is 0.348 e. The Morgan fingerprint density at radius 2 is 1.90 bits per heavy atom. The number of nitrogens with zero attached hydrogens (tertiary/aromatic N) is 3. The summed E-state index contributed by atoms with van der Waals surface area (Å²) in [6.07, 6.45) is 0.386. The third kappa shape index (κ3) is 4.14. The molecule has 6 heteroatoms. The monoisotopic (exact) mass is 295 g/mol. The molecule has 0 fully saturated rings. The summed E-state index contributed by atoms with van der Waals surface area (Å²) in [4.78, 5) is 29.2. The van der Waals surface area contributed by atoms with Crippen LogP contribution in [0.4, 0.5) is 0 Å². The number of hydrogen-bond acceptors (Lipinski definition) is 4. The maximum Gasteiger partial charge on any atom is 0.348 e. The third-order valence-corrected chi connectivity index (χ3v) is 4.03. The molecular formula is C15H25N3O3. The number of likely N-dealkylation sites (N-methyl/N-ethyl adjacent to an activating group) is 1. The highest BCUT2D eigenvalue weighted by Crippen LogP contribution is 2.16. The van der Waals surface area contributed by atoms with E-state index < -0.39 is 11.9 Å². The van der Waals surface area contributed by atoms with E-state index in [1.165, 1.54) is 0 Å². The molecule has 0 spiro atoms. The fourth-order valence-corrected chi connectivity index (χ4v) is 2.17. The van der Waals surface area contributed by atoms with Crippen molar-refractivity contribution < 1.29 is 9.90 Å². The van der Waals surface area contributed by atoms with Crippen LogP contribution in [-0.2, 0) is 17.8 Å². The van der Waals surface area contributed by atoms with Crippen LogP contribution in [0.3, 0.4) is 0 Å². The number of carboxylic acids is 1. The van der Waals surface area contributed by atoms with E-state index in [1.54, 1.807) is 18.4 Å². The van der Waals surface area contributed by atoms with Crippen molar-refractivity contribution in [3.05, 3.63) is 27.4 Å². The van der Waals surface area contributed by atoms with Crippen LogP contribution in [0.5, 0.6) is 0 Å². The number of hydrogen-bond donors (Lipinski definition) is 1. The lowest BCUT2D eigenvalue weighted by Crippen LogP contribution is -2.37. The van der Waals surface area contributed by atoms with E-state index >= 15 is 0 Å². The standard InChI is InChI=1S/C15H25N3O3/c1-9(14(19)20)7-13-11(3)16-15(21)18(12(13)4)8-10(2)17(5)6/h9-10H,7-8H2,1-6H3,(H,19,20). The van der Waals surface area contributed by atoms with Crippen LogP contribution in [0, 0.1) is 19.8 Å². The lowest BCUT2D eigenvalue weighted by atomic mass is 9.99. The van der Waals surface area contributed by atoms with Crippen molar-refractivity contribution in [1.29, 1.82) is 0 Å². The Balaban J connectivity index is 3.22. The van der Waals surface area contributed by atoms with Gasteiger partial charge >= 0.3 is 11.7 Å². The summed E-state index contributed by atoms with van der Waals surface area (Å²) < 4.78 is 1.64. The van der Waals surface area contributed by atoms with Gasteiger partial charge in [0, 0.05) is 24.0 Å². The summed E-state index contributed by atoms with van der Waals surface area (Å²) in [5, 5.41) is 9.07. The normalized spacial score (nSPS) is 14.2. The zero-order chi connectivity index (χ0) is 16.3. The lowest BCUT2D eigenvalue weighted by molar-refractivity contribution is -0.141. The van der Waals surface area contributed by atoms with Gasteiger partial charge in [0.2, 0.25) is 0 Å². The van der Waals surface area contributed by atoms with Gasteiger partial charge in [0.25, 0.3) is 0 Å². The highest BCUT2D eigenvalue weighted by Gasteiger charge is 2.19. The SMILES string of the molecule is Cc1nc(=O)n(CC(C)N(C)C)c(C)c1CC(C)C(=O)O. The molecule has 2 atom stereocenters. The van der Waals surface area contributed by atoms with Crippen LogP contribution in [0.2, 0.25) is 0 Å². The van der Waals surface area contributed by atoms with Gasteiger partial charge in [-0.25, -0.2) is 4.79 Å². The molecule has 0 aliphatic rings. The molecule has 0 saturated carbocycles. The van der Waals surface area contributed by atoms with E-state index in [1.807, 2.05) is 32.8 Å². The summed E-state index contributed by atoms with van der Waals surface area (Å²) in [5.74, 6) is -1.34. The molecule has 0 aliphatic carbocycles. The van der Waals surface area contributed by atoms with E-state index in [0.29, 0.717) is 18.7 Å². The Labute approximate surface area is 125 Å². The van der Waals surface area contributed by atoms with Crippen molar-refractivity contribution in [2.45, 2.75) is 46.7 Å². The summed E-state index contributed by atoms with van der Waals surface area (Å²) >= 11 is 0. The summed E-state index contributed by atoms with van der Waals surface area (Å²) in [6, 6.07) is 0.190. The minimum Gasteiger partial charge on any atom is -0.481 e. The molecule has 118 valence electrons. The first-order valence-corrected chi connectivity index (χ1v) is 7.11. The van der Waals surface area contributed by atoms with Crippen molar-refractivity contribution in [3.8, 4) is 0 Å². The second-order valence-electron chi connectivity index (χ2n) is 5.91. The van der Waals surface area contributed by atoms with Crippen molar-refractivity contribution in [2.24, 2.45) is 5.92 Å². The fourth-order valence-electron chi connectivity index (χ4n) is 2.17. The number of rotatable bonds is 6. The van der Waals surface area contributed by atoms with Gasteiger partial charge in [-0.1, -0.05) is 6.92 Å². The minimum absolute atomic E-state index is 0.190. The molecule has 1 aromatic heterocycles. The highest BCUT2D eigenvalue weighted by atomic mass is 16.4. The largest absolute Gasteiger partial charge is 0.481 e. The second-order valence-corrected chi connectivity index (χ2v) is 5.91. The van der Waals surface area contributed by atoms with Gasteiger partial charge in [0.15, 0.2) is 0 Å². The maximum atomic E-state index is 12.1. The van der Waals surface area contributed by atoms with Crippen LogP contribution >= 0.6 is 0 Å². The van der Waals surface area contributed by atoms with Crippen LogP contribution in [-0.4, -0.2) is 45.7 Å². The molecule has 0 radical (unpaired) electrons. The second kappa shape index (κ2) is 6.85. The van der Waals surface area contributed by atoms with Crippen molar-refractivity contribution >= 4 is 5.97 Å². The topological polar surface area (TPSA) is 75.4 Å². The maximum absolute atomic E-state index is 12.1. The molecule has 2 unspecified atom stereocenters. The first-order valence-electron chi connectivity index (χ1n) is 7.11. The van der Waals surface area contributed by atoms with Gasteiger partial charge in [-0.15, -0.1) is 0 Å². The minimum atomic E-state index is -0.840. The first-order chi connectivity index (χ1) is 9.65. The van der Waals surface area contributed by atoms with Crippen LogP contribution in [0.15, 0.2) is 4.79 Å². The summed E-state index contributed by atoms with van der Waals surface area (Å²) in [7, 11) is 3.92. The molecule has 1 heterocycles. The van der Waals surface area contributed by atoms with E-state index in [2.05, 4.69) is 4.98 Å². The molecule has 21 heavy (non-hydrogen) atoms. The van der Waals surface area contributed by atoms with Gasteiger partial charge in [-0.3, -0.25) is 9.36 Å². The Kier molecular flexibility index (Phi) is 5.66. The Morgan fingerprint density at radius 3 is 2.38 bits per heavy atom. The van der Waals surface area contributed by atoms with Gasteiger partial charge in [0.1, 0.15) is 0 Å². The molecule has 0 aliphatic heterocycles. The van der Waals surface area contributed by atoms with Crippen LogP contribution < -0.4 is 5.69 Å². The number of aromatic nitrogens is 2. The predicted octanol–water partition coefficient (Wildman–Crippen LogP) is 1.07. The molecule has 0 amide bonds. The van der Waals surface area contributed by atoms with Crippen molar-refractivity contribution in [1.82, 2.24) is 14.5 Å². The van der Waals surface area contributed by atoms with E-state index in [0.717, 1.165) is 11.3 Å². The highest BCUT2D eigenvalue weighted by molar-refractivity contribution is 5.70. The number of aryl methyl sites for hydroxylation is 1. The number of carboxylic acid groups (broad SMARTS) is 1. The molecule has 1 aromatic rings. The van der Waals surface area contributed by atoms with Crippen molar-refractivity contribution in [2.75, 3.05) is 14.1 Å². The van der Waals surface area contributed by atoms with Gasteiger partial charge in [-0.05, 0) is 46.9 Å². The average Bonchev–Trinajstić information content (AvgIpc) is 2.38. The summed E-state index contributed by atoms with van der Waals surface area (Å²) in [6.45, 7) is 7.87. The Morgan fingerprint density at radius 1 is 1.33 bits per heavy atom. The molecule has 0 bridgehead atoms. The van der Waals surface area contributed by atoms with Gasteiger partial charge in [0.05, 0.1) is 5.92 Å². The Hall–Kier alpha value is -1.69. The fraction of sp³-hybridized carbons (Fsp3) is 0.667. The quantitative estimate of drug-likeness (QED) is 0.849. The predicted molar refractivity (Wildman–Crippen MR) is 81.6 cm³/mol. The van der Waals surface area contributed by atoms with Crippen molar-refractivity contribution in [3.63, 3.8) is 0 Å². The van der Waals surface area contributed by atoms with E-state index in [9.17, 15) is 9.59 Å². The summed E-state index contributed by atoms with van der Waals surface area (Å²) in [5.41, 5.74) is 2.02. The molecule has 0 saturated heterocycles. The third-order valence-electron chi connectivity index (χ3n) is 4.03. The van der Waals surface area contributed by atoms with Gasteiger partial charge in [-0.2, -0.15) is 4.98 Å². The van der Waals surface area contributed by atoms with Gasteiger partial charge < -0.3 is 10.0 Å². The average molecular weight is 295 g/mol. The molecule has 0 aromatic carbocycles. The Bertz CT molecular complexity index is 578. The number of carbonyl (C=O) groups is 1. The zero-order valence-corrected chi connectivity index (χ0v) is 13.7.